The molecule has 0 unspecified atom stereocenters. The Kier molecular flexibility index (Phi) is 6.06. The molecule has 0 saturated carbocycles. The smallest absolute Gasteiger partial charge is 0.226 e. The van der Waals surface area contributed by atoms with Gasteiger partial charge in [0.15, 0.2) is 0 Å². The molecule has 4 rings (SSSR count). The summed E-state index contributed by atoms with van der Waals surface area (Å²) in [6.45, 7) is 6.84. The van der Waals surface area contributed by atoms with E-state index in [9.17, 15) is 9.90 Å². The maximum atomic E-state index is 12.2. The van der Waals surface area contributed by atoms with Crippen LogP contribution >= 0.6 is 0 Å². The fourth-order valence-electron chi connectivity index (χ4n) is 4.24. The van der Waals surface area contributed by atoms with E-state index in [0.717, 1.165) is 62.6 Å². The Labute approximate surface area is 172 Å². The third-order valence-electron chi connectivity index (χ3n) is 5.89. The normalized spacial score (nSPS) is 18.4. The van der Waals surface area contributed by atoms with Crippen LogP contribution in [-0.4, -0.2) is 65.2 Å². The highest BCUT2D eigenvalue weighted by molar-refractivity contribution is 5.94. The number of carbonyl (C=O) groups is 1. The molecule has 1 fully saturated rings. The fourth-order valence-corrected chi connectivity index (χ4v) is 4.24. The lowest BCUT2D eigenvalue weighted by Gasteiger charge is -2.36. The number of aromatic nitrogens is 2. The monoisotopic (exact) mass is 395 g/mol. The molecule has 0 bridgehead atoms. The summed E-state index contributed by atoms with van der Waals surface area (Å²) in [5.74, 6) is 1.08. The fraction of sp³-hybridized carbons (Fsp3) is 0.500. The van der Waals surface area contributed by atoms with Crippen molar-refractivity contribution in [3.05, 3.63) is 47.9 Å². The molecule has 2 aliphatic heterocycles. The van der Waals surface area contributed by atoms with Crippen molar-refractivity contribution in [1.82, 2.24) is 14.9 Å². The Morgan fingerprint density at radius 3 is 2.72 bits per heavy atom. The Balaban J connectivity index is 1.37. The van der Waals surface area contributed by atoms with Gasteiger partial charge in [0.2, 0.25) is 5.91 Å². The molecule has 0 radical (unpaired) electrons. The molecule has 3 heterocycles. The van der Waals surface area contributed by atoms with Gasteiger partial charge in [-0.3, -0.25) is 14.7 Å². The first-order valence-corrected chi connectivity index (χ1v) is 10.5. The van der Waals surface area contributed by atoms with Gasteiger partial charge in [-0.15, -0.1) is 0 Å². The molecule has 0 aliphatic carbocycles. The van der Waals surface area contributed by atoms with Gasteiger partial charge in [0.05, 0.1) is 12.3 Å². The van der Waals surface area contributed by atoms with Crippen molar-refractivity contribution in [2.24, 2.45) is 0 Å². The van der Waals surface area contributed by atoms with Gasteiger partial charge in [-0.2, -0.15) is 0 Å². The highest BCUT2D eigenvalue weighted by Crippen LogP contribution is 2.30. The summed E-state index contributed by atoms with van der Waals surface area (Å²) in [6, 6.07) is 6.07. The number of hydrogen-bond acceptors (Lipinski definition) is 6. The number of nitrogens with zero attached hydrogens (tertiary/aromatic N) is 5. The number of aryl methyl sites for hydroxylation is 1. The Hall–Kier alpha value is -2.51. The first kappa shape index (κ1) is 19.8. The number of carbonyl (C=O) groups excluding carboxylic acids is 1. The molecule has 2 aromatic rings. The van der Waals surface area contributed by atoms with Crippen LogP contribution in [0.5, 0.6) is 0 Å². The molecule has 2 aliphatic rings. The molecule has 1 amide bonds. The minimum atomic E-state index is -0.527. The van der Waals surface area contributed by atoms with Crippen molar-refractivity contribution in [3.63, 3.8) is 0 Å². The molecule has 154 valence electrons. The molecule has 1 aromatic carbocycles. The minimum absolute atomic E-state index is 0.167. The van der Waals surface area contributed by atoms with E-state index < -0.39 is 6.10 Å². The predicted octanol–water partition coefficient (Wildman–Crippen LogP) is 2.02. The Bertz CT molecular complexity index is 836. The maximum absolute atomic E-state index is 12.2. The van der Waals surface area contributed by atoms with Crippen LogP contribution in [0.4, 0.5) is 11.5 Å². The second-order valence-electron chi connectivity index (χ2n) is 7.76. The molecule has 29 heavy (non-hydrogen) atoms. The predicted molar refractivity (Wildman–Crippen MR) is 113 cm³/mol. The van der Waals surface area contributed by atoms with Crippen LogP contribution in [-0.2, 0) is 11.2 Å². The second-order valence-corrected chi connectivity index (χ2v) is 7.76. The summed E-state index contributed by atoms with van der Waals surface area (Å²) in [5, 5.41) is 10.8. The van der Waals surface area contributed by atoms with E-state index >= 15 is 0 Å². The lowest BCUT2D eigenvalue weighted by Crippen LogP contribution is -2.47. The zero-order valence-corrected chi connectivity index (χ0v) is 17.0. The number of rotatable bonds is 5. The van der Waals surface area contributed by atoms with Crippen molar-refractivity contribution >= 4 is 17.4 Å². The highest BCUT2D eigenvalue weighted by atomic mass is 16.3. The molecule has 0 spiro atoms. The quantitative estimate of drug-likeness (QED) is 0.835. The number of piperazine rings is 1. The molecule has 1 aromatic heterocycles. The molecule has 7 nitrogen and oxygen atoms in total. The van der Waals surface area contributed by atoms with E-state index in [2.05, 4.69) is 25.8 Å². The van der Waals surface area contributed by atoms with Crippen LogP contribution in [0.2, 0.25) is 0 Å². The lowest BCUT2D eigenvalue weighted by atomic mass is 9.96. The van der Waals surface area contributed by atoms with Crippen LogP contribution in [0.15, 0.2) is 36.8 Å². The van der Waals surface area contributed by atoms with Gasteiger partial charge in [0, 0.05) is 63.8 Å². The van der Waals surface area contributed by atoms with E-state index in [1.807, 2.05) is 24.0 Å². The summed E-state index contributed by atoms with van der Waals surface area (Å²) < 4.78 is 0. The van der Waals surface area contributed by atoms with Crippen LogP contribution in [0.25, 0.3) is 0 Å². The van der Waals surface area contributed by atoms with E-state index in [1.165, 1.54) is 5.56 Å². The number of aliphatic hydroxyl groups is 1. The number of β-amino-alcohol motifs (C(OH)–C–C–N with tert-alkyl or cyclic N) is 1. The summed E-state index contributed by atoms with van der Waals surface area (Å²) in [6.07, 6.45) is 7.13. The van der Waals surface area contributed by atoms with E-state index in [-0.39, 0.29) is 5.91 Å². The molecule has 1 saturated heterocycles. The first-order valence-electron chi connectivity index (χ1n) is 10.5. The average molecular weight is 396 g/mol. The SMILES string of the molecule is CCC(=O)N1CCCc2cc([C@H](O)CN3CCN(c4cnccn4)CC3)ccc21. The van der Waals surface area contributed by atoms with E-state index in [1.54, 1.807) is 18.6 Å². The lowest BCUT2D eigenvalue weighted by molar-refractivity contribution is -0.118. The second kappa shape index (κ2) is 8.88. The van der Waals surface area contributed by atoms with Gasteiger partial charge in [-0.25, -0.2) is 4.98 Å². The molecule has 1 N–H and O–H groups in total. The highest BCUT2D eigenvalue weighted by Gasteiger charge is 2.24. The van der Waals surface area contributed by atoms with E-state index in [0.29, 0.717) is 13.0 Å². The third kappa shape index (κ3) is 4.41. The summed E-state index contributed by atoms with van der Waals surface area (Å²) in [7, 11) is 0. The van der Waals surface area contributed by atoms with Gasteiger partial charge in [-0.1, -0.05) is 19.1 Å². The van der Waals surface area contributed by atoms with Crippen molar-refractivity contribution < 1.29 is 9.90 Å². The van der Waals surface area contributed by atoms with Gasteiger partial charge in [0.1, 0.15) is 5.82 Å². The van der Waals surface area contributed by atoms with Crippen molar-refractivity contribution in [2.45, 2.75) is 32.3 Å². The summed E-state index contributed by atoms with van der Waals surface area (Å²) >= 11 is 0. The Morgan fingerprint density at radius 1 is 1.17 bits per heavy atom. The van der Waals surface area contributed by atoms with Crippen molar-refractivity contribution in [1.29, 1.82) is 0 Å². The minimum Gasteiger partial charge on any atom is -0.387 e. The van der Waals surface area contributed by atoms with Crippen LogP contribution in [0.1, 0.15) is 37.0 Å². The molecule has 1 atom stereocenters. The van der Waals surface area contributed by atoms with Crippen LogP contribution in [0.3, 0.4) is 0 Å². The number of amides is 1. The third-order valence-corrected chi connectivity index (χ3v) is 5.89. The Morgan fingerprint density at radius 2 is 2.00 bits per heavy atom. The average Bonchev–Trinajstić information content (AvgIpc) is 2.78. The standard InChI is InChI=1S/C22H29N5O2/c1-2-22(29)27-9-3-4-17-14-18(5-6-19(17)27)20(28)16-25-10-12-26(13-11-25)21-15-23-7-8-24-21/h5-8,14-15,20,28H,2-4,9-13,16H2,1H3/t20-/m1/s1. The zero-order valence-electron chi connectivity index (χ0n) is 17.0. The summed E-state index contributed by atoms with van der Waals surface area (Å²) in [4.78, 5) is 27.1. The van der Waals surface area contributed by atoms with E-state index in [4.69, 9.17) is 0 Å². The molecular weight excluding hydrogens is 366 g/mol. The molecular formula is C22H29N5O2. The largest absolute Gasteiger partial charge is 0.387 e. The summed E-state index contributed by atoms with van der Waals surface area (Å²) in [5.41, 5.74) is 3.12. The van der Waals surface area contributed by atoms with Gasteiger partial charge in [-0.05, 0) is 30.0 Å². The maximum Gasteiger partial charge on any atom is 0.226 e. The molecule has 7 heteroatoms. The first-order chi connectivity index (χ1) is 14.2. The van der Waals surface area contributed by atoms with Gasteiger partial charge < -0.3 is 14.9 Å². The number of fused-ring (bicyclic) bond motifs is 1. The van der Waals surface area contributed by atoms with Gasteiger partial charge in [0.25, 0.3) is 0 Å². The number of aliphatic hydroxyl groups excluding tert-OH is 1. The topological polar surface area (TPSA) is 72.8 Å². The zero-order chi connectivity index (χ0) is 20.2. The van der Waals surface area contributed by atoms with Crippen LogP contribution in [0, 0.1) is 0 Å². The van der Waals surface area contributed by atoms with Gasteiger partial charge >= 0.3 is 0 Å². The van der Waals surface area contributed by atoms with Crippen molar-refractivity contribution in [3.8, 4) is 0 Å². The number of anilines is 2. The van der Waals surface area contributed by atoms with Crippen LogP contribution < -0.4 is 9.80 Å². The number of hydrogen-bond donors (Lipinski definition) is 1. The number of benzene rings is 1. The van der Waals surface area contributed by atoms with Crippen molar-refractivity contribution in [2.75, 3.05) is 49.1 Å².